The molecule has 0 radical (unpaired) electrons. The van der Waals surface area contributed by atoms with Crippen molar-refractivity contribution in [2.45, 2.75) is 26.7 Å². The van der Waals surface area contributed by atoms with Crippen LogP contribution in [0.25, 0.3) is 22.0 Å². The van der Waals surface area contributed by atoms with Crippen LogP contribution in [0.3, 0.4) is 0 Å². The number of hydrogen-bond donors (Lipinski definition) is 1. The van der Waals surface area contributed by atoms with Gasteiger partial charge in [0.05, 0.1) is 11.1 Å². The Morgan fingerprint density at radius 1 is 1.08 bits per heavy atom. The highest BCUT2D eigenvalue weighted by Crippen LogP contribution is 2.29. The maximum Gasteiger partial charge on any atom is 0.252 e. The Morgan fingerprint density at radius 3 is 2.62 bits per heavy atom. The van der Waals surface area contributed by atoms with Crippen LogP contribution in [0.5, 0.6) is 0 Å². The number of carbonyl (C=O) groups excluding carboxylic acids is 1. The molecule has 0 spiro atoms. The first kappa shape index (κ1) is 16.2. The fourth-order valence-corrected chi connectivity index (χ4v) is 2.89. The topological polar surface area (TPSA) is 42.0 Å². The number of fused-ring (bicyclic) bond motifs is 1. The van der Waals surface area contributed by atoms with Crippen molar-refractivity contribution >= 4 is 16.8 Å². The monoisotopic (exact) mass is 318 g/mol. The molecular formula is C21H22N2O. The van der Waals surface area contributed by atoms with E-state index in [0.29, 0.717) is 12.1 Å². The van der Waals surface area contributed by atoms with Gasteiger partial charge in [-0.3, -0.25) is 9.78 Å². The third-order valence-electron chi connectivity index (χ3n) is 4.11. The van der Waals surface area contributed by atoms with Crippen LogP contribution in [0.4, 0.5) is 0 Å². The highest BCUT2D eigenvalue weighted by molar-refractivity contribution is 6.09. The number of rotatable bonds is 5. The molecule has 1 heterocycles. The molecule has 0 unspecified atom stereocenters. The van der Waals surface area contributed by atoms with E-state index in [-0.39, 0.29) is 5.91 Å². The summed E-state index contributed by atoms with van der Waals surface area (Å²) in [6.07, 6.45) is 2.05. The van der Waals surface area contributed by atoms with Crippen LogP contribution in [0, 0.1) is 6.92 Å². The molecule has 2 aromatic carbocycles. The predicted molar refractivity (Wildman–Crippen MR) is 99.2 cm³/mol. The molecule has 3 rings (SSSR count). The Bertz CT molecular complexity index is 856. The largest absolute Gasteiger partial charge is 0.352 e. The molecule has 24 heavy (non-hydrogen) atoms. The van der Waals surface area contributed by atoms with Gasteiger partial charge in [0.25, 0.3) is 5.91 Å². The van der Waals surface area contributed by atoms with E-state index >= 15 is 0 Å². The van der Waals surface area contributed by atoms with Crippen molar-refractivity contribution in [1.82, 2.24) is 10.3 Å². The number of aryl methyl sites for hydroxylation is 1. The summed E-state index contributed by atoms with van der Waals surface area (Å²) < 4.78 is 0. The normalized spacial score (nSPS) is 10.8. The third-order valence-corrected chi connectivity index (χ3v) is 4.11. The molecule has 1 N–H and O–H groups in total. The molecule has 0 fully saturated rings. The number of aromatic nitrogens is 1. The van der Waals surface area contributed by atoms with Crippen LogP contribution < -0.4 is 5.32 Å². The van der Waals surface area contributed by atoms with E-state index in [9.17, 15) is 4.79 Å². The van der Waals surface area contributed by atoms with Crippen LogP contribution >= 0.6 is 0 Å². The van der Waals surface area contributed by atoms with E-state index in [2.05, 4.69) is 30.4 Å². The summed E-state index contributed by atoms with van der Waals surface area (Å²) >= 11 is 0. The lowest BCUT2D eigenvalue weighted by atomic mass is 9.98. The van der Waals surface area contributed by atoms with Gasteiger partial charge in [-0.1, -0.05) is 61.9 Å². The molecule has 0 aliphatic heterocycles. The Kier molecular flexibility index (Phi) is 4.90. The first-order valence-corrected chi connectivity index (χ1v) is 8.44. The summed E-state index contributed by atoms with van der Waals surface area (Å²) in [5, 5.41) is 3.91. The zero-order chi connectivity index (χ0) is 16.9. The molecule has 3 aromatic rings. The quantitative estimate of drug-likeness (QED) is 0.690. The average Bonchev–Trinajstić information content (AvgIpc) is 2.61. The SMILES string of the molecule is CCCCNC(=O)c1cc(C)nc2c(-c3ccccc3)cccc12. The van der Waals surface area contributed by atoms with Crippen LogP contribution in [0.2, 0.25) is 0 Å². The number of benzene rings is 2. The summed E-state index contributed by atoms with van der Waals surface area (Å²) in [5.41, 5.74) is 4.60. The molecule has 1 aromatic heterocycles. The van der Waals surface area contributed by atoms with E-state index in [1.54, 1.807) is 0 Å². The molecule has 0 bridgehead atoms. The van der Waals surface area contributed by atoms with Crippen LogP contribution in [-0.2, 0) is 0 Å². The van der Waals surface area contributed by atoms with Gasteiger partial charge in [-0.05, 0) is 25.0 Å². The van der Waals surface area contributed by atoms with Gasteiger partial charge < -0.3 is 5.32 Å². The second-order valence-corrected chi connectivity index (χ2v) is 5.99. The summed E-state index contributed by atoms with van der Waals surface area (Å²) in [7, 11) is 0. The minimum atomic E-state index is -0.0239. The Labute approximate surface area is 142 Å². The van der Waals surface area contributed by atoms with Gasteiger partial charge in [-0.25, -0.2) is 0 Å². The molecular weight excluding hydrogens is 296 g/mol. The molecule has 0 saturated carbocycles. The minimum absolute atomic E-state index is 0.0239. The summed E-state index contributed by atoms with van der Waals surface area (Å²) in [4.78, 5) is 17.3. The lowest BCUT2D eigenvalue weighted by molar-refractivity contribution is 0.0954. The number of nitrogens with one attached hydrogen (secondary N) is 1. The van der Waals surface area contributed by atoms with Crippen molar-refractivity contribution in [2.24, 2.45) is 0 Å². The number of hydrogen-bond acceptors (Lipinski definition) is 2. The van der Waals surface area contributed by atoms with E-state index in [1.165, 1.54) is 0 Å². The molecule has 1 amide bonds. The molecule has 3 nitrogen and oxygen atoms in total. The standard InChI is InChI=1S/C21H22N2O/c1-3-4-13-22-21(24)19-14-15(2)23-20-17(11-8-12-18(19)20)16-9-6-5-7-10-16/h5-12,14H,3-4,13H2,1-2H3,(H,22,24). The fourth-order valence-electron chi connectivity index (χ4n) is 2.89. The van der Waals surface area contributed by atoms with Crippen molar-refractivity contribution in [1.29, 1.82) is 0 Å². The summed E-state index contributed by atoms with van der Waals surface area (Å²) in [6.45, 7) is 4.75. The molecule has 3 heteroatoms. The molecule has 0 saturated heterocycles. The Balaban J connectivity index is 2.10. The summed E-state index contributed by atoms with van der Waals surface area (Å²) in [5.74, 6) is -0.0239. The third kappa shape index (κ3) is 3.30. The maximum absolute atomic E-state index is 12.6. The zero-order valence-electron chi connectivity index (χ0n) is 14.2. The van der Waals surface area contributed by atoms with Gasteiger partial charge >= 0.3 is 0 Å². The number of amides is 1. The van der Waals surface area contributed by atoms with Gasteiger partial charge in [0.1, 0.15) is 0 Å². The van der Waals surface area contributed by atoms with Gasteiger partial charge in [0, 0.05) is 23.2 Å². The number of unbranched alkanes of at least 4 members (excludes halogenated alkanes) is 1. The van der Waals surface area contributed by atoms with Gasteiger partial charge in [0.15, 0.2) is 0 Å². The Hall–Kier alpha value is -2.68. The van der Waals surface area contributed by atoms with Crippen molar-refractivity contribution in [3.63, 3.8) is 0 Å². The second kappa shape index (κ2) is 7.26. The van der Waals surface area contributed by atoms with Crippen LogP contribution in [-0.4, -0.2) is 17.4 Å². The maximum atomic E-state index is 12.6. The van der Waals surface area contributed by atoms with E-state index in [0.717, 1.165) is 40.6 Å². The molecule has 0 aliphatic carbocycles. The van der Waals surface area contributed by atoms with Crippen molar-refractivity contribution in [3.05, 3.63) is 65.9 Å². The first-order chi connectivity index (χ1) is 11.7. The minimum Gasteiger partial charge on any atom is -0.352 e. The van der Waals surface area contributed by atoms with E-state index in [4.69, 9.17) is 4.98 Å². The van der Waals surface area contributed by atoms with Gasteiger partial charge in [0.2, 0.25) is 0 Å². The lowest BCUT2D eigenvalue weighted by Crippen LogP contribution is -2.24. The average molecular weight is 318 g/mol. The highest BCUT2D eigenvalue weighted by atomic mass is 16.1. The lowest BCUT2D eigenvalue weighted by Gasteiger charge is -2.12. The van der Waals surface area contributed by atoms with Crippen molar-refractivity contribution < 1.29 is 4.79 Å². The summed E-state index contributed by atoms with van der Waals surface area (Å²) in [6, 6.07) is 18.1. The molecule has 0 aliphatic rings. The van der Waals surface area contributed by atoms with E-state index < -0.39 is 0 Å². The van der Waals surface area contributed by atoms with E-state index in [1.807, 2.05) is 43.3 Å². The van der Waals surface area contributed by atoms with Crippen LogP contribution in [0.15, 0.2) is 54.6 Å². The zero-order valence-corrected chi connectivity index (χ0v) is 14.2. The highest BCUT2D eigenvalue weighted by Gasteiger charge is 2.14. The first-order valence-electron chi connectivity index (χ1n) is 8.44. The molecule has 0 atom stereocenters. The van der Waals surface area contributed by atoms with Crippen LogP contribution in [0.1, 0.15) is 35.8 Å². The van der Waals surface area contributed by atoms with Crippen molar-refractivity contribution in [2.75, 3.05) is 6.54 Å². The number of nitrogens with zero attached hydrogens (tertiary/aromatic N) is 1. The Morgan fingerprint density at radius 2 is 1.88 bits per heavy atom. The predicted octanol–water partition coefficient (Wildman–Crippen LogP) is 4.74. The fraction of sp³-hybridized carbons (Fsp3) is 0.238. The van der Waals surface area contributed by atoms with Gasteiger partial charge in [-0.2, -0.15) is 0 Å². The molecule has 122 valence electrons. The number of para-hydroxylation sites is 1. The smallest absolute Gasteiger partial charge is 0.252 e. The second-order valence-electron chi connectivity index (χ2n) is 5.99. The number of pyridine rings is 1. The van der Waals surface area contributed by atoms with Gasteiger partial charge in [-0.15, -0.1) is 0 Å². The number of carbonyl (C=O) groups is 1. The van der Waals surface area contributed by atoms with Crippen molar-refractivity contribution in [3.8, 4) is 11.1 Å².